The van der Waals surface area contributed by atoms with Crippen LogP contribution in [0.5, 0.6) is 0 Å². The first kappa shape index (κ1) is 22.1. The molecule has 4 nitrogen and oxygen atoms in total. The summed E-state index contributed by atoms with van der Waals surface area (Å²) in [6.07, 6.45) is 9.02. The number of aliphatic hydroxyl groups excluding tert-OH is 1. The van der Waals surface area contributed by atoms with Crippen LogP contribution in [0.3, 0.4) is 0 Å². The van der Waals surface area contributed by atoms with Gasteiger partial charge in [-0.05, 0) is 90.5 Å². The summed E-state index contributed by atoms with van der Waals surface area (Å²) in [6.45, 7) is 18.0. The van der Waals surface area contributed by atoms with Gasteiger partial charge < -0.3 is 10.8 Å². The monoisotopic (exact) mass is 413 g/mol. The highest BCUT2D eigenvalue weighted by Crippen LogP contribution is 2.62. The van der Waals surface area contributed by atoms with Crippen LogP contribution in [-0.4, -0.2) is 28.0 Å². The second-order valence-corrected chi connectivity index (χ2v) is 12.3. The number of aromatic nitrogens is 2. The van der Waals surface area contributed by atoms with E-state index in [9.17, 15) is 5.11 Å². The van der Waals surface area contributed by atoms with Crippen molar-refractivity contribution >= 4 is 0 Å². The number of hydrogen-bond acceptors (Lipinski definition) is 3. The number of aliphatic hydroxyl groups is 1. The Morgan fingerprint density at radius 2 is 2.00 bits per heavy atom. The van der Waals surface area contributed by atoms with E-state index >= 15 is 0 Å². The van der Waals surface area contributed by atoms with E-state index < -0.39 is 0 Å². The minimum Gasteiger partial charge on any atom is -0.396 e. The molecule has 0 spiro atoms. The maximum Gasteiger partial charge on any atom is 0.0660 e. The molecule has 168 valence electrons. The first-order chi connectivity index (χ1) is 14.0. The standard InChI is InChI=1S/C26H43N3O/c1-17-7-8-21-20(13-27)22(9-10-25(17,21)5)26(6)12-18-14-29(16-24(2,3)4)28-23(18)11-19(26)15-30/h14,19-22,30H,1,7-13,15-16,27H2,2-6H3/t19-,20+,21+,22+,25-,26+/m1/s1. The zero-order valence-electron chi connectivity index (χ0n) is 19.9. The van der Waals surface area contributed by atoms with Crippen molar-refractivity contribution in [1.29, 1.82) is 0 Å². The molecule has 4 heteroatoms. The van der Waals surface area contributed by atoms with Crippen LogP contribution in [0.25, 0.3) is 0 Å². The molecule has 0 saturated heterocycles. The normalized spacial score (nSPS) is 39.1. The fourth-order valence-electron chi connectivity index (χ4n) is 7.46. The van der Waals surface area contributed by atoms with Gasteiger partial charge in [0.1, 0.15) is 0 Å². The molecular weight excluding hydrogens is 370 g/mol. The van der Waals surface area contributed by atoms with E-state index in [0.29, 0.717) is 17.8 Å². The number of nitrogens with zero attached hydrogens (tertiary/aromatic N) is 2. The first-order valence-corrected chi connectivity index (χ1v) is 12.1. The van der Waals surface area contributed by atoms with Crippen LogP contribution in [-0.2, 0) is 19.4 Å². The highest BCUT2D eigenvalue weighted by Gasteiger charge is 2.56. The Labute approximate surface area is 183 Å². The van der Waals surface area contributed by atoms with Gasteiger partial charge in [0.2, 0.25) is 0 Å². The SMILES string of the molecule is C=C1CC[C@H]2[C@H](CN)[C@@H]([C@@]3(C)Cc4cn(CC(C)(C)C)nc4C[C@@H]3CO)CC[C@]12C. The molecular formula is C26H43N3O. The van der Waals surface area contributed by atoms with Gasteiger partial charge in [0, 0.05) is 19.3 Å². The summed E-state index contributed by atoms with van der Waals surface area (Å²) >= 11 is 0. The molecule has 0 aromatic carbocycles. The maximum absolute atomic E-state index is 10.4. The molecule has 1 aromatic heterocycles. The zero-order chi connectivity index (χ0) is 21.9. The van der Waals surface area contributed by atoms with Crippen LogP contribution in [0.4, 0.5) is 0 Å². The summed E-state index contributed by atoms with van der Waals surface area (Å²) in [6, 6.07) is 0. The minimum absolute atomic E-state index is 0.0760. The van der Waals surface area contributed by atoms with Crippen molar-refractivity contribution in [1.82, 2.24) is 9.78 Å². The predicted molar refractivity (Wildman–Crippen MR) is 123 cm³/mol. The first-order valence-electron chi connectivity index (χ1n) is 12.1. The van der Waals surface area contributed by atoms with Gasteiger partial charge in [0.25, 0.3) is 0 Å². The van der Waals surface area contributed by atoms with E-state index in [2.05, 4.69) is 52.1 Å². The molecule has 1 aromatic rings. The van der Waals surface area contributed by atoms with E-state index in [-0.39, 0.29) is 28.8 Å². The van der Waals surface area contributed by atoms with Crippen molar-refractivity contribution in [3.63, 3.8) is 0 Å². The molecule has 2 fully saturated rings. The summed E-state index contributed by atoms with van der Waals surface area (Å²) in [5.41, 5.74) is 11.1. The molecule has 0 aliphatic heterocycles. The third-order valence-electron chi connectivity index (χ3n) is 9.24. The number of hydrogen-bond donors (Lipinski definition) is 2. The Balaban J connectivity index is 1.65. The molecule has 4 rings (SSSR count). The van der Waals surface area contributed by atoms with Crippen LogP contribution in [0, 0.1) is 39.9 Å². The average molecular weight is 414 g/mol. The molecule has 3 N–H and O–H groups in total. The maximum atomic E-state index is 10.4. The van der Waals surface area contributed by atoms with Crippen LogP contribution in [0.15, 0.2) is 18.3 Å². The van der Waals surface area contributed by atoms with E-state index in [0.717, 1.165) is 32.4 Å². The topological polar surface area (TPSA) is 64.1 Å². The van der Waals surface area contributed by atoms with Crippen molar-refractivity contribution in [2.75, 3.05) is 13.2 Å². The molecule has 0 unspecified atom stereocenters. The Kier molecular flexibility index (Phi) is 5.50. The number of allylic oxidation sites excluding steroid dienone is 1. The lowest BCUT2D eigenvalue weighted by Crippen LogP contribution is -2.53. The van der Waals surface area contributed by atoms with E-state index in [1.165, 1.54) is 36.1 Å². The smallest absolute Gasteiger partial charge is 0.0660 e. The van der Waals surface area contributed by atoms with E-state index in [4.69, 9.17) is 10.8 Å². The number of rotatable bonds is 4. The van der Waals surface area contributed by atoms with Crippen molar-refractivity contribution < 1.29 is 5.11 Å². The summed E-state index contributed by atoms with van der Waals surface area (Å²) in [5.74, 6) is 1.99. The molecule has 2 saturated carbocycles. The molecule has 3 aliphatic carbocycles. The summed E-state index contributed by atoms with van der Waals surface area (Å²) in [5, 5.41) is 15.4. The van der Waals surface area contributed by atoms with Crippen LogP contribution < -0.4 is 5.73 Å². The zero-order valence-corrected chi connectivity index (χ0v) is 19.9. The number of fused-ring (bicyclic) bond motifs is 2. The van der Waals surface area contributed by atoms with Crippen LogP contribution >= 0.6 is 0 Å². The van der Waals surface area contributed by atoms with Gasteiger partial charge >= 0.3 is 0 Å². The molecule has 0 radical (unpaired) electrons. The van der Waals surface area contributed by atoms with Gasteiger partial charge in [-0.15, -0.1) is 0 Å². The fourth-order valence-corrected chi connectivity index (χ4v) is 7.46. The van der Waals surface area contributed by atoms with Gasteiger partial charge in [-0.2, -0.15) is 5.10 Å². The Morgan fingerprint density at radius 1 is 1.27 bits per heavy atom. The molecule has 1 heterocycles. The summed E-state index contributed by atoms with van der Waals surface area (Å²) in [4.78, 5) is 0. The van der Waals surface area contributed by atoms with E-state index in [1.54, 1.807) is 0 Å². The molecule has 30 heavy (non-hydrogen) atoms. The third kappa shape index (κ3) is 3.48. The third-order valence-corrected chi connectivity index (χ3v) is 9.24. The molecule has 6 atom stereocenters. The van der Waals surface area contributed by atoms with Gasteiger partial charge in [0.15, 0.2) is 0 Å². The highest BCUT2D eigenvalue weighted by molar-refractivity contribution is 5.27. The highest BCUT2D eigenvalue weighted by atomic mass is 16.3. The predicted octanol–water partition coefficient (Wildman–Crippen LogP) is 4.60. The summed E-state index contributed by atoms with van der Waals surface area (Å²) < 4.78 is 2.14. The van der Waals surface area contributed by atoms with Gasteiger partial charge in [-0.25, -0.2) is 0 Å². The van der Waals surface area contributed by atoms with Gasteiger partial charge in [-0.1, -0.05) is 46.8 Å². The Hall–Kier alpha value is -1.13. The van der Waals surface area contributed by atoms with Crippen molar-refractivity contribution in [3.05, 3.63) is 29.6 Å². The Morgan fingerprint density at radius 3 is 2.63 bits per heavy atom. The number of nitrogens with two attached hydrogens (primary N) is 1. The van der Waals surface area contributed by atoms with Crippen molar-refractivity contribution in [2.45, 2.75) is 79.7 Å². The van der Waals surface area contributed by atoms with Gasteiger partial charge in [-0.3, -0.25) is 4.68 Å². The molecule has 3 aliphatic rings. The van der Waals surface area contributed by atoms with Gasteiger partial charge in [0.05, 0.1) is 5.69 Å². The second kappa shape index (κ2) is 7.48. The van der Waals surface area contributed by atoms with E-state index in [1.807, 2.05) is 0 Å². The lowest BCUT2D eigenvalue weighted by atomic mass is 9.49. The average Bonchev–Trinajstić information content (AvgIpc) is 3.17. The molecule has 0 amide bonds. The lowest BCUT2D eigenvalue weighted by Gasteiger charge is -2.55. The fraction of sp³-hybridized carbons (Fsp3) is 0.808. The van der Waals surface area contributed by atoms with Crippen molar-refractivity contribution in [3.8, 4) is 0 Å². The Bertz CT molecular complexity index is 806. The minimum atomic E-state index is 0.0760. The molecule has 0 bridgehead atoms. The van der Waals surface area contributed by atoms with Crippen LogP contribution in [0.1, 0.15) is 71.6 Å². The largest absolute Gasteiger partial charge is 0.396 e. The van der Waals surface area contributed by atoms with Crippen LogP contribution in [0.2, 0.25) is 0 Å². The summed E-state index contributed by atoms with van der Waals surface area (Å²) in [7, 11) is 0. The lowest BCUT2D eigenvalue weighted by molar-refractivity contribution is -0.0536. The quantitative estimate of drug-likeness (QED) is 0.709. The second-order valence-electron chi connectivity index (χ2n) is 12.3. The van der Waals surface area contributed by atoms with Crippen molar-refractivity contribution in [2.24, 2.45) is 45.7 Å².